The largest absolute Gasteiger partial charge is 0.378 e. The predicted molar refractivity (Wildman–Crippen MR) is 75.1 cm³/mol. The fourth-order valence-electron chi connectivity index (χ4n) is 4.23. The number of Topliss-reactive ketones (excluding diaryl/α,β-unsaturated/α-hetero) is 1. The summed E-state index contributed by atoms with van der Waals surface area (Å²) in [6.45, 7) is 1.95. The smallest absolute Gasteiger partial charge is 0.247 e. The molecule has 2 bridgehead atoms. The van der Waals surface area contributed by atoms with E-state index in [-0.39, 0.29) is 11.7 Å². The number of carbonyl (C=O) groups excluding carboxylic acids is 2. The van der Waals surface area contributed by atoms with Crippen LogP contribution in [0, 0.1) is 35.0 Å². The number of rotatable bonds is 4. The molecule has 4 atom stereocenters. The lowest BCUT2D eigenvalue weighted by atomic mass is 9.83. The van der Waals surface area contributed by atoms with Crippen molar-refractivity contribution in [2.75, 3.05) is 26.3 Å². The van der Waals surface area contributed by atoms with Crippen LogP contribution in [0.15, 0.2) is 0 Å². The first-order valence-corrected chi connectivity index (χ1v) is 7.98. The van der Waals surface area contributed by atoms with E-state index in [4.69, 9.17) is 4.74 Å². The van der Waals surface area contributed by atoms with Crippen molar-refractivity contribution in [3.63, 3.8) is 0 Å². The van der Waals surface area contributed by atoms with Gasteiger partial charge in [-0.3, -0.25) is 9.59 Å². The molecule has 1 heterocycles. The Hall–Kier alpha value is -1.41. The van der Waals surface area contributed by atoms with Crippen molar-refractivity contribution in [2.45, 2.75) is 32.1 Å². The lowest BCUT2D eigenvalue weighted by molar-refractivity contribution is -0.142. The molecular weight excluding hydrogens is 268 g/mol. The van der Waals surface area contributed by atoms with E-state index in [1.165, 1.54) is 19.3 Å². The van der Waals surface area contributed by atoms with Crippen LogP contribution in [-0.4, -0.2) is 42.9 Å². The third kappa shape index (κ3) is 2.96. The number of hydrogen-bond donors (Lipinski definition) is 0. The van der Waals surface area contributed by atoms with Crippen molar-refractivity contribution in [1.82, 2.24) is 4.90 Å². The Bertz CT molecular complexity index is 465. The molecule has 3 fully saturated rings. The van der Waals surface area contributed by atoms with Gasteiger partial charge in [0.1, 0.15) is 0 Å². The van der Waals surface area contributed by atoms with Gasteiger partial charge in [0.05, 0.1) is 19.3 Å². The summed E-state index contributed by atoms with van der Waals surface area (Å²) in [5, 5.41) is 9.25. The van der Waals surface area contributed by atoms with Crippen LogP contribution in [-0.2, 0) is 14.3 Å². The molecule has 21 heavy (non-hydrogen) atoms. The van der Waals surface area contributed by atoms with Gasteiger partial charge in [-0.25, -0.2) is 0 Å². The molecule has 0 aromatic rings. The quantitative estimate of drug-likeness (QED) is 0.733. The van der Waals surface area contributed by atoms with Gasteiger partial charge in [-0.2, -0.15) is 5.26 Å². The summed E-state index contributed by atoms with van der Waals surface area (Å²) >= 11 is 0. The SMILES string of the molecule is N#CC(C(=O)CC1CC2CCC1C2)C(=O)N1CCOCC1. The van der Waals surface area contributed by atoms with E-state index in [0.29, 0.717) is 44.6 Å². The first-order valence-electron chi connectivity index (χ1n) is 7.98. The van der Waals surface area contributed by atoms with E-state index < -0.39 is 5.92 Å². The molecule has 0 aromatic heterocycles. The van der Waals surface area contributed by atoms with Crippen molar-refractivity contribution in [2.24, 2.45) is 23.7 Å². The number of ketones is 1. The summed E-state index contributed by atoms with van der Waals surface area (Å²) in [4.78, 5) is 26.3. The minimum Gasteiger partial charge on any atom is -0.378 e. The Labute approximate surface area is 125 Å². The van der Waals surface area contributed by atoms with Crippen molar-refractivity contribution < 1.29 is 14.3 Å². The molecule has 114 valence electrons. The number of hydrogen-bond acceptors (Lipinski definition) is 4. The maximum atomic E-state index is 12.4. The van der Waals surface area contributed by atoms with Crippen molar-refractivity contribution in [3.05, 3.63) is 0 Å². The van der Waals surface area contributed by atoms with Crippen LogP contribution in [0.3, 0.4) is 0 Å². The van der Waals surface area contributed by atoms with Crippen LogP contribution in [0.4, 0.5) is 0 Å². The maximum Gasteiger partial charge on any atom is 0.247 e. The number of carbonyl (C=O) groups is 2. The van der Waals surface area contributed by atoms with Crippen LogP contribution in [0.1, 0.15) is 32.1 Å². The van der Waals surface area contributed by atoms with Gasteiger partial charge in [0.25, 0.3) is 0 Å². The van der Waals surface area contributed by atoms with Crippen molar-refractivity contribution in [1.29, 1.82) is 5.26 Å². The average Bonchev–Trinajstić information content (AvgIpc) is 3.11. The Balaban J connectivity index is 1.58. The molecule has 0 aromatic carbocycles. The van der Waals surface area contributed by atoms with E-state index in [1.54, 1.807) is 4.90 Å². The second kappa shape index (κ2) is 6.15. The normalized spacial score (nSPS) is 32.7. The number of nitriles is 1. The van der Waals surface area contributed by atoms with E-state index in [2.05, 4.69) is 0 Å². The lowest BCUT2D eigenvalue weighted by Gasteiger charge is -2.28. The second-order valence-corrected chi connectivity index (χ2v) is 6.61. The molecule has 0 spiro atoms. The number of nitrogens with zero attached hydrogens (tertiary/aromatic N) is 2. The second-order valence-electron chi connectivity index (χ2n) is 6.61. The van der Waals surface area contributed by atoms with Crippen LogP contribution in [0.5, 0.6) is 0 Å². The summed E-state index contributed by atoms with van der Waals surface area (Å²) in [5.41, 5.74) is 0. The monoisotopic (exact) mass is 290 g/mol. The van der Waals surface area contributed by atoms with Crippen LogP contribution >= 0.6 is 0 Å². The molecule has 1 amide bonds. The zero-order valence-electron chi connectivity index (χ0n) is 12.3. The molecule has 2 saturated carbocycles. The fourth-order valence-corrected chi connectivity index (χ4v) is 4.23. The van der Waals surface area contributed by atoms with E-state index >= 15 is 0 Å². The zero-order valence-corrected chi connectivity index (χ0v) is 12.3. The summed E-state index contributed by atoms with van der Waals surface area (Å²) in [6.07, 6.45) is 5.28. The van der Waals surface area contributed by atoms with Crippen LogP contribution < -0.4 is 0 Å². The van der Waals surface area contributed by atoms with Gasteiger partial charge in [0.15, 0.2) is 11.7 Å². The summed E-state index contributed by atoms with van der Waals surface area (Å²) in [6, 6.07) is 1.94. The molecule has 1 saturated heterocycles. The van der Waals surface area contributed by atoms with Gasteiger partial charge in [0, 0.05) is 19.5 Å². The lowest BCUT2D eigenvalue weighted by Crippen LogP contribution is -2.45. The molecular formula is C16H22N2O3. The number of morpholine rings is 1. The molecule has 1 aliphatic heterocycles. The highest BCUT2D eigenvalue weighted by Gasteiger charge is 2.42. The predicted octanol–water partition coefficient (Wildman–Crippen LogP) is 1.38. The fraction of sp³-hybridized carbons (Fsp3) is 0.812. The third-order valence-electron chi connectivity index (χ3n) is 5.37. The Morgan fingerprint density at radius 2 is 2.00 bits per heavy atom. The highest BCUT2D eigenvalue weighted by atomic mass is 16.5. The van der Waals surface area contributed by atoms with Gasteiger partial charge in [-0.05, 0) is 37.0 Å². The molecule has 3 aliphatic rings. The van der Waals surface area contributed by atoms with Crippen LogP contribution in [0.25, 0.3) is 0 Å². The van der Waals surface area contributed by atoms with Gasteiger partial charge in [0.2, 0.25) is 5.91 Å². The third-order valence-corrected chi connectivity index (χ3v) is 5.37. The van der Waals surface area contributed by atoms with Crippen LogP contribution in [0.2, 0.25) is 0 Å². The molecule has 2 aliphatic carbocycles. The first-order chi connectivity index (χ1) is 10.2. The Kier molecular flexibility index (Phi) is 4.25. The van der Waals surface area contributed by atoms with E-state index in [9.17, 15) is 14.9 Å². The number of ether oxygens (including phenoxy) is 1. The van der Waals surface area contributed by atoms with Gasteiger partial charge in [-0.1, -0.05) is 6.42 Å². The minimum absolute atomic E-state index is 0.174. The molecule has 5 nitrogen and oxygen atoms in total. The van der Waals surface area contributed by atoms with Gasteiger partial charge < -0.3 is 9.64 Å². The molecule has 0 radical (unpaired) electrons. The van der Waals surface area contributed by atoms with Gasteiger partial charge >= 0.3 is 0 Å². The highest BCUT2D eigenvalue weighted by molar-refractivity contribution is 6.04. The van der Waals surface area contributed by atoms with E-state index in [1.807, 2.05) is 6.07 Å². The number of fused-ring (bicyclic) bond motifs is 2. The maximum absolute atomic E-state index is 12.4. The molecule has 4 unspecified atom stereocenters. The first kappa shape index (κ1) is 14.5. The van der Waals surface area contributed by atoms with Crippen molar-refractivity contribution in [3.8, 4) is 6.07 Å². The Morgan fingerprint density at radius 1 is 1.24 bits per heavy atom. The summed E-state index contributed by atoms with van der Waals surface area (Å²) in [7, 11) is 0. The summed E-state index contributed by atoms with van der Waals surface area (Å²) < 4.78 is 5.20. The zero-order chi connectivity index (χ0) is 14.8. The highest BCUT2D eigenvalue weighted by Crippen LogP contribution is 2.49. The van der Waals surface area contributed by atoms with E-state index in [0.717, 1.165) is 12.3 Å². The molecule has 0 N–H and O–H groups in total. The average molecular weight is 290 g/mol. The minimum atomic E-state index is -1.11. The van der Waals surface area contributed by atoms with Gasteiger partial charge in [-0.15, -0.1) is 0 Å². The molecule has 3 rings (SSSR count). The molecule has 5 heteroatoms. The topological polar surface area (TPSA) is 70.4 Å². The standard InChI is InChI=1S/C16H22N2O3/c17-10-14(16(20)18-3-5-21-6-4-18)15(19)9-13-8-11-1-2-12(13)7-11/h11-14H,1-9H2. The summed E-state index contributed by atoms with van der Waals surface area (Å²) in [5.74, 6) is 0.229. The number of amides is 1. The Morgan fingerprint density at radius 3 is 2.57 bits per heavy atom. The van der Waals surface area contributed by atoms with Crippen molar-refractivity contribution >= 4 is 11.7 Å².